The zero-order valence-electron chi connectivity index (χ0n) is 31.2. The van der Waals surface area contributed by atoms with Crippen molar-refractivity contribution in [2.75, 3.05) is 41.2 Å². The van der Waals surface area contributed by atoms with E-state index in [1.807, 2.05) is 109 Å². The van der Waals surface area contributed by atoms with Gasteiger partial charge in [0.05, 0.1) is 40.1 Å². The van der Waals surface area contributed by atoms with Gasteiger partial charge in [-0.25, -0.2) is 9.59 Å². The summed E-state index contributed by atoms with van der Waals surface area (Å²) >= 11 is 0. The van der Waals surface area contributed by atoms with Gasteiger partial charge in [-0.3, -0.25) is 14.3 Å². The summed E-state index contributed by atoms with van der Waals surface area (Å²) in [7, 11) is 4.65. The van der Waals surface area contributed by atoms with E-state index in [2.05, 4.69) is 10.3 Å². The van der Waals surface area contributed by atoms with Gasteiger partial charge in [-0.15, -0.1) is 0 Å². The third-order valence-electron chi connectivity index (χ3n) is 9.47. The number of ether oxygens (including phenoxy) is 7. The maximum absolute atomic E-state index is 13.1. The van der Waals surface area contributed by atoms with E-state index in [1.54, 1.807) is 14.2 Å². The highest BCUT2D eigenvalue weighted by molar-refractivity contribution is 5.67. The van der Waals surface area contributed by atoms with Gasteiger partial charge in [-0.05, 0) is 46.5 Å². The van der Waals surface area contributed by atoms with E-state index in [0.29, 0.717) is 11.5 Å². The van der Waals surface area contributed by atoms with Crippen LogP contribution in [-0.4, -0.2) is 86.3 Å². The lowest BCUT2D eigenvalue weighted by Gasteiger charge is -2.37. The number of hydrogen-bond acceptors (Lipinski definition) is 11. The fraction of sp³-hybridized carbons (Fsp3) is 0.310. The molecule has 1 fully saturated rings. The molecule has 1 amide bonds. The van der Waals surface area contributed by atoms with Crippen molar-refractivity contribution in [1.82, 2.24) is 14.9 Å². The summed E-state index contributed by atoms with van der Waals surface area (Å²) in [5, 5.41) is 14.6. The number of benzene rings is 4. The second-order valence-corrected chi connectivity index (χ2v) is 13.0. The number of amides is 1. The van der Waals surface area contributed by atoms with E-state index in [4.69, 9.17) is 33.2 Å². The molecular weight excluding hydrogens is 722 g/mol. The number of aliphatic hydroxyl groups excluding tert-OH is 1. The standard InChI is InChI=1S/C42H45N3O11/c1-50-25-32(43-41(49)54-24-28-10-6-4-7-11-28)26-53-38-37(47)35(56-39(38)45-23-22-36(46)44-40(45)48)27-55-42(29-12-8-5-9-13-29,30-14-18-33(51-2)19-15-30)31-16-20-34(52-3)21-17-31/h4-23,32,35,37-39,47H,24-27H2,1-3H3,(H,43,49)(H,44,46,48)/t32-,35-,37-,38-,39-/m1/s1. The van der Waals surface area contributed by atoms with Crippen molar-refractivity contribution in [3.63, 3.8) is 0 Å². The average Bonchev–Trinajstić information content (AvgIpc) is 3.54. The van der Waals surface area contributed by atoms with Crippen molar-refractivity contribution in [3.05, 3.63) is 165 Å². The van der Waals surface area contributed by atoms with Crippen molar-refractivity contribution in [1.29, 1.82) is 0 Å². The second kappa shape index (κ2) is 18.7. The molecule has 0 radical (unpaired) electrons. The number of H-pyrrole nitrogens is 1. The Bertz CT molecular complexity index is 2060. The summed E-state index contributed by atoms with van der Waals surface area (Å²) in [6.07, 6.45) is -4.20. The molecule has 1 aliphatic heterocycles. The number of hydrogen-bond donors (Lipinski definition) is 3. The van der Waals surface area contributed by atoms with E-state index in [-0.39, 0.29) is 26.4 Å². The molecular formula is C42H45N3O11. The first-order chi connectivity index (χ1) is 27.2. The number of carbonyl (C=O) groups is 1. The van der Waals surface area contributed by atoms with Gasteiger partial charge in [0.1, 0.15) is 42.0 Å². The number of aromatic amines is 1. The van der Waals surface area contributed by atoms with Gasteiger partial charge < -0.3 is 43.6 Å². The van der Waals surface area contributed by atoms with E-state index in [9.17, 15) is 19.5 Å². The zero-order valence-corrected chi connectivity index (χ0v) is 31.2. The number of aromatic nitrogens is 2. The van der Waals surface area contributed by atoms with Gasteiger partial charge in [0.2, 0.25) is 0 Å². The number of nitrogens with zero attached hydrogens (tertiary/aromatic N) is 1. The topological polar surface area (TPSA) is 169 Å². The maximum atomic E-state index is 13.1. The highest BCUT2D eigenvalue weighted by Gasteiger charge is 2.48. The van der Waals surface area contributed by atoms with E-state index < -0.39 is 53.5 Å². The van der Waals surface area contributed by atoms with Crippen LogP contribution >= 0.6 is 0 Å². The Morgan fingerprint density at radius 3 is 1.98 bits per heavy atom. The van der Waals surface area contributed by atoms with Crippen molar-refractivity contribution in [2.24, 2.45) is 0 Å². The Morgan fingerprint density at radius 1 is 0.821 bits per heavy atom. The molecule has 294 valence electrons. The molecule has 6 rings (SSSR count). The molecule has 1 aromatic heterocycles. The third kappa shape index (κ3) is 9.18. The van der Waals surface area contributed by atoms with Crippen LogP contribution in [-0.2, 0) is 35.9 Å². The van der Waals surface area contributed by atoms with Crippen LogP contribution in [0.5, 0.6) is 11.5 Å². The van der Waals surface area contributed by atoms with Crippen molar-refractivity contribution in [3.8, 4) is 11.5 Å². The lowest BCUT2D eigenvalue weighted by atomic mass is 9.80. The summed E-state index contributed by atoms with van der Waals surface area (Å²) < 4.78 is 42.4. The van der Waals surface area contributed by atoms with Crippen molar-refractivity contribution in [2.45, 2.75) is 42.8 Å². The van der Waals surface area contributed by atoms with Gasteiger partial charge in [0, 0.05) is 19.4 Å². The number of carbonyl (C=O) groups excluding carboxylic acids is 1. The lowest BCUT2D eigenvalue weighted by Crippen LogP contribution is -2.45. The smallest absolute Gasteiger partial charge is 0.407 e. The Hall–Kier alpha value is -5.77. The lowest BCUT2D eigenvalue weighted by molar-refractivity contribution is -0.0992. The van der Waals surface area contributed by atoms with Crippen molar-refractivity contribution >= 4 is 6.09 Å². The molecule has 14 heteroatoms. The third-order valence-corrected chi connectivity index (χ3v) is 9.47. The Labute approximate surface area is 323 Å². The maximum Gasteiger partial charge on any atom is 0.407 e. The van der Waals surface area contributed by atoms with Crippen LogP contribution < -0.4 is 26.0 Å². The molecule has 4 aromatic carbocycles. The molecule has 0 bridgehead atoms. The molecule has 56 heavy (non-hydrogen) atoms. The predicted molar refractivity (Wildman–Crippen MR) is 205 cm³/mol. The first kappa shape index (κ1) is 39.9. The quantitative estimate of drug-likeness (QED) is 0.116. The Balaban J connectivity index is 1.29. The highest BCUT2D eigenvalue weighted by atomic mass is 16.6. The first-order valence-electron chi connectivity index (χ1n) is 18.0. The van der Waals surface area contributed by atoms with Crippen LogP contribution in [0.25, 0.3) is 0 Å². The fourth-order valence-electron chi connectivity index (χ4n) is 6.66. The number of alkyl carbamates (subject to hydrolysis) is 1. The monoisotopic (exact) mass is 767 g/mol. The van der Waals surface area contributed by atoms with Crippen LogP contribution in [0.2, 0.25) is 0 Å². The zero-order chi connectivity index (χ0) is 39.5. The van der Waals surface area contributed by atoms with Crippen LogP contribution in [0.1, 0.15) is 28.5 Å². The summed E-state index contributed by atoms with van der Waals surface area (Å²) in [5.74, 6) is 1.31. The van der Waals surface area contributed by atoms with Crippen molar-refractivity contribution < 1.29 is 43.1 Å². The number of aliphatic hydroxyl groups is 1. The van der Waals surface area contributed by atoms with Crippen LogP contribution in [0.15, 0.2) is 131 Å². The number of rotatable bonds is 17. The van der Waals surface area contributed by atoms with Gasteiger partial charge in [-0.1, -0.05) is 84.9 Å². The highest BCUT2D eigenvalue weighted by Crippen LogP contribution is 2.43. The molecule has 5 aromatic rings. The molecule has 2 heterocycles. The molecule has 0 aliphatic carbocycles. The average molecular weight is 768 g/mol. The Morgan fingerprint density at radius 2 is 1.41 bits per heavy atom. The van der Waals surface area contributed by atoms with Gasteiger partial charge in [-0.2, -0.15) is 0 Å². The Kier molecular flexibility index (Phi) is 13.3. The fourth-order valence-corrected chi connectivity index (χ4v) is 6.66. The van der Waals surface area contributed by atoms with Gasteiger partial charge in [0.25, 0.3) is 5.56 Å². The van der Waals surface area contributed by atoms with Crippen LogP contribution in [0, 0.1) is 0 Å². The second-order valence-electron chi connectivity index (χ2n) is 13.0. The summed E-state index contributed by atoms with van der Waals surface area (Å²) in [6.45, 7) is -0.247. The molecule has 1 aliphatic rings. The molecule has 0 unspecified atom stereocenters. The van der Waals surface area contributed by atoms with Crippen LogP contribution in [0.4, 0.5) is 4.79 Å². The minimum Gasteiger partial charge on any atom is -0.497 e. The number of nitrogens with one attached hydrogen (secondary N) is 2. The van der Waals surface area contributed by atoms with Gasteiger partial charge >= 0.3 is 11.8 Å². The largest absolute Gasteiger partial charge is 0.497 e. The minimum absolute atomic E-state index is 0.0449. The molecule has 0 saturated carbocycles. The first-order valence-corrected chi connectivity index (χ1v) is 18.0. The van der Waals surface area contributed by atoms with Gasteiger partial charge in [0.15, 0.2) is 6.23 Å². The summed E-state index contributed by atoms with van der Waals surface area (Å²) in [6, 6.07) is 34.3. The molecule has 14 nitrogen and oxygen atoms in total. The SMILES string of the molecule is COC[C@H](CO[C@@H]1[C@H](O)[C@@H](COC(c2ccccc2)(c2ccc(OC)cc2)c2ccc(OC)cc2)O[C@H]1n1ccc(=O)[nH]c1=O)NC(=O)OCc1ccccc1. The van der Waals surface area contributed by atoms with E-state index >= 15 is 0 Å². The molecule has 0 spiro atoms. The predicted octanol–water partition coefficient (Wildman–Crippen LogP) is 4.15. The minimum atomic E-state index is -1.35. The van der Waals surface area contributed by atoms with E-state index in [1.165, 1.54) is 19.4 Å². The summed E-state index contributed by atoms with van der Waals surface area (Å²) in [5.41, 5.74) is 0.512. The normalized spacial score (nSPS) is 18.6. The van der Waals surface area contributed by atoms with E-state index in [0.717, 1.165) is 26.8 Å². The van der Waals surface area contributed by atoms with Crippen LogP contribution in [0.3, 0.4) is 0 Å². The number of methoxy groups -OCH3 is 3. The molecule has 1 saturated heterocycles. The molecule has 5 atom stereocenters. The molecule has 3 N–H and O–H groups in total. The summed E-state index contributed by atoms with van der Waals surface area (Å²) in [4.78, 5) is 40.1.